The van der Waals surface area contributed by atoms with Crippen LogP contribution < -0.4 is 0 Å². The fourth-order valence-electron chi connectivity index (χ4n) is 3.61. The molecule has 0 fully saturated rings. The Labute approximate surface area is 181 Å². The number of aryl methyl sites for hydroxylation is 2. The zero-order valence-corrected chi connectivity index (χ0v) is 18.3. The summed E-state index contributed by atoms with van der Waals surface area (Å²) in [5, 5.41) is 4.50. The Morgan fingerprint density at radius 2 is 1.69 bits per heavy atom. The first-order valence-corrected chi connectivity index (χ1v) is 9.03. The SMILES string of the molecule is Cc1cc(-c2ccccc2)cc(C)c1-n1ncnc1-c1[c-]cc2ocnc2c1.[Ir]. The van der Waals surface area contributed by atoms with Crippen molar-refractivity contribution in [1.82, 2.24) is 19.7 Å². The molecule has 0 unspecified atom stereocenters. The van der Waals surface area contributed by atoms with Crippen LogP contribution in [0.5, 0.6) is 0 Å². The average Bonchev–Trinajstić information content (AvgIpc) is 3.37. The van der Waals surface area contributed by atoms with E-state index in [1.165, 1.54) is 17.5 Å². The molecule has 145 valence electrons. The predicted octanol–water partition coefficient (Wildman–Crippen LogP) is 5.16. The Bertz CT molecular complexity index is 1270. The van der Waals surface area contributed by atoms with Crippen LogP contribution in [0, 0.1) is 19.9 Å². The van der Waals surface area contributed by atoms with Crippen LogP contribution in [0.2, 0.25) is 0 Å². The van der Waals surface area contributed by atoms with Gasteiger partial charge in [-0.15, -0.1) is 23.8 Å². The van der Waals surface area contributed by atoms with Gasteiger partial charge >= 0.3 is 0 Å². The molecule has 5 rings (SSSR count). The van der Waals surface area contributed by atoms with Crippen LogP contribution in [0.15, 0.2) is 71.7 Å². The summed E-state index contributed by atoms with van der Waals surface area (Å²) in [6.07, 6.45) is 3.00. The van der Waals surface area contributed by atoms with E-state index in [1.54, 1.807) is 12.4 Å². The van der Waals surface area contributed by atoms with Gasteiger partial charge in [0.25, 0.3) is 0 Å². The van der Waals surface area contributed by atoms with Gasteiger partial charge in [0.1, 0.15) is 6.33 Å². The maximum Gasteiger partial charge on any atom is 0.169 e. The van der Waals surface area contributed by atoms with E-state index in [0.29, 0.717) is 5.58 Å². The van der Waals surface area contributed by atoms with E-state index in [1.807, 2.05) is 16.8 Å². The van der Waals surface area contributed by atoms with E-state index in [0.717, 1.165) is 33.7 Å². The van der Waals surface area contributed by atoms with Gasteiger partial charge in [-0.25, -0.2) is 4.98 Å². The van der Waals surface area contributed by atoms with Gasteiger partial charge in [0.15, 0.2) is 6.39 Å². The van der Waals surface area contributed by atoms with Gasteiger partial charge < -0.3 is 4.42 Å². The summed E-state index contributed by atoms with van der Waals surface area (Å²) in [6, 6.07) is 21.7. The minimum Gasteiger partial charge on any atom is -0.490 e. The van der Waals surface area contributed by atoms with E-state index in [2.05, 4.69) is 71.4 Å². The van der Waals surface area contributed by atoms with Crippen molar-refractivity contribution in [2.45, 2.75) is 13.8 Å². The quantitative estimate of drug-likeness (QED) is 0.288. The van der Waals surface area contributed by atoms with E-state index in [9.17, 15) is 0 Å². The number of hydrogen-bond donors (Lipinski definition) is 0. The standard InChI is InChI=1S/C23H17N4O.Ir/c1-15-10-19(17-6-4-3-5-7-17)11-16(2)22(15)27-23(24-13-26-27)18-8-9-21-20(12-18)25-14-28-21;/h3-7,9-14H,1-2H3;/q-1;. The van der Waals surface area contributed by atoms with Gasteiger partial charge in [0.05, 0.1) is 17.1 Å². The summed E-state index contributed by atoms with van der Waals surface area (Å²) in [4.78, 5) is 8.71. The summed E-state index contributed by atoms with van der Waals surface area (Å²) in [7, 11) is 0. The van der Waals surface area contributed by atoms with Crippen molar-refractivity contribution in [2.24, 2.45) is 0 Å². The largest absolute Gasteiger partial charge is 0.490 e. The second-order valence-electron chi connectivity index (χ2n) is 6.77. The van der Waals surface area contributed by atoms with E-state index < -0.39 is 0 Å². The zero-order valence-electron chi connectivity index (χ0n) is 15.9. The summed E-state index contributed by atoms with van der Waals surface area (Å²) in [5.41, 5.74) is 7.98. The van der Waals surface area contributed by atoms with Crippen LogP contribution >= 0.6 is 0 Å². The number of nitrogens with zero attached hydrogens (tertiary/aromatic N) is 4. The van der Waals surface area contributed by atoms with Gasteiger partial charge in [0.2, 0.25) is 0 Å². The van der Waals surface area contributed by atoms with Crippen LogP contribution in [0.1, 0.15) is 11.1 Å². The average molecular weight is 558 g/mol. The first-order valence-electron chi connectivity index (χ1n) is 9.03. The minimum absolute atomic E-state index is 0. The van der Waals surface area contributed by atoms with Gasteiger partial charge in [-0.1, -0.05) is 30.3 Å². The molecule has 0 aliphatic rings. The molecule has 0 saturated carbocycles. The monoisotopic (exact) mass is 558 g/mol. The van der Waals surface area contributed by atoms with Crippen molar-refractivity contribution in [2.75, 3.05) is 0 Å². The number of hydrogen-bond acceptors (Lipinski definition) is 4. The fourth-order valence-corrected chi connectivity index (χ4v) is 3.61. The van der Waals surface area contributed by atoms with Crippen molar-refractivity contribution < 1.29 is 24.5 Å². The molecule has 0 bridgehead atoms. The van der Waals surface area contributed by atoms with Crippen molar-refractivity contribution in [3.05, 3.63) is 84.5 Å². The Balaban J connectivity index is 0.00000205. The van der Waals surface area contributed by atoms with Gasteiger partial charge in [-0.2, -0.15) is 5.10 Å². The maximum absolute atomic E-state index is 5.31. The molecule has 0 atom stereocenters. The summed E-state index contributed by atoms with van der Waals surface area (Å²) in [6.45, 7) is 4.20. The first-order chi connectivity index (χ1) is 13.7. The number of benzene rings is 3. The normalized spacial score (nSPS) is 10.8. The molecule has 0 N–H and O–H groups in total. The van der Waals surface area contributed by atoms with Crippen LogP contribution in [0.4, 0.5) is 0 Å². The Morgan fingerprint density at radius 3 is 2.45 bits per heavy atom. The molecule has 0 amide bonds. The Hall–Kier alpha value is -3.08. The molecule has 5 aromatic rings. The molecule has 3 aromatic carbocycles. The molecule has 2 aromatic heterocycles. The molecule has 5 nitrogen and oxygen atoms in total. The van der Waals surface area contributed by atoms with E-state index in [4.69, 9.17) is 4.42 Å². The number of fused-ring (bicyclic) bond motifs is 1. The van der Waals surface area contributed by atoms with E-state index in [-0.39, 0.29) is 20.1 Å². The molecule has 0 spiro atoms. The van der Waals surface area contributed by atoms with Crippen molar-refractivity contribution in [3.63, 3.8) is 0 Å². The zero-order chi connectivity index (χ0) is 19.1. The Kier molecular flexibility index (Phi) is 5.14. The Morgan fingerprint density at radius 1 is 0.931 bits per heavy atom. The van der Waals surface area contributed by atoms with Crippen LogP contribution in [0.25, 0.3) is 39.3 Å². The fraction of sp³-hybridized carbons (Fsp3) is 0.0870. The molecular formula is C23H17IrN4O-. The summed E-state index contributed by atoms with van der Waals surface area (Å²) in [5.74, 6) is 0.726. The second kappa shape index (κ2) is 7.74. The van der Waals surface area contributed by atoms with Crippen LogP contribution in [-0.4, -0.2) is 19.7 Å². The smallest absolute Gasteiger partial charge is 0.169 e. The summed E-state index contributed by atoms with van der Waals surface area (Å²) >= 11 is 0. The third-order valence-electron chi connectivity index (χ3n) is 4.86. The number of aromatic nitrogens is 4. The third-order valence-corrected chi connectivity index (χ3v) is 4.86. The maximum atomic E-state index is 5.31. The van der Waals surface area contributed by atoms with Crippen molar-refractivity contribution >= 4 is 11.1 Å². The van der Waals surface area contributed by atoms with Crippen molar-refractivity contribution in [1.29, 1.82) is 0 Å². The molecule has 6 heteroatoms. The predicted molar refractivity (Wildman–Crippen MR) is 108 cm³/mol. The van der Waals surface area contributed by atoms with E-state index >= 15 is 0 Å². The number of rotatable bonds is 3. The minimum atomic E-state index is 0. The van der Waals surface area contributed by atoms with Crippen LogP contribution in [-0.2, 0) is 20.1 Å². The molecule has 1 radical (unpaired) electrons. The molecule has 0 saturated heterocycles. The second-order valence-corrected chi connectivity index (χ2v) is 6.77. The first kappa shape index (κ1) is 19.2. The number of oxazole rings is 1. The summed E-state index contributed by atoms with van der Waals surface area (Å²) < 4.78 is 7.19. The van der Waals surface area contributed by atoms with Gasteiger partial charge in [-0.05, 0) is 48.2 Å². The third kappa shape index (κ3) is 3.41. The molecule has 29 heavy (non-hydrogen) atoms. The van der Waals surface area contributed by atoms with Gasteiger partial charge in [0, 0.05) is 25.6 Å². The molecule has 0 aliphatic heterocycles. The van der Waals surface area contributed by atoms with Gasteiger partial charge in [-0.3, -0.25) is 9.67 Å². The van der Waals surface area contributed by atoms with Crippen LogP contribution in [0.3, 0.4) is 0 Å². The topological polar surface area (TPSA) is 56.7 Å². The molecular weight excluding hydrogens is 540 g/mol. The molecule has 2 heterocycles. The van der Waals surface area contributed by atoms with Crippen molar-refractivity contribution in [3.8, 4) is 28.2 Å². The molecule has 0 aliphatic carbocycles.